The van der Waals surface area contributed by atoms with Gasteiger partial charge in [-0.05, 0) is 37.1 Å². The fraction of sp³-hybridized carbons (Fsp3) is 0.417. The molecule has 1 atom stereocenters. The Labute approximate surface area is 112 Å². The maximum absolute atomic E-state index is 12.0. The lowest BCUT2D eigenvalue weighted by molar-refractivity contribution is 0.0941. The van der Waals surface area contributed by atoms with Gasteiger partial charge in [-0.1, -0.05) is 0 Å². The number of hydrazine groups is 1. The highest BCUT2D eigenvalue weighted by molar-refractivity contribution is 7.91. The summed E-state index contributed by atoms with van der Waals surface area (Å²) < 4.78 is 22.6. The summed E-state index contributed by atoms with van der Waals surface area (Å²) in [6, 6.07) is 4.80. The molecule has 1 amide bonds. The first kappa shape index (κ1) is 13.8. The third-order valence-electron chi connectivity index (χ3n) is 3.21. The Kier molecular flexibility index (Phi) is 3.77. The fourth-order valence-corrected chi connectivity index (χ4v) is 3.82. The van der Waals surface area contributed by atoms with Crippen molar-refractivity contribution >= 4 is 21.4 Å². The first-order chi connectivity index (χ1) is 8.91. The lowest BCUT2D eigenvalue weighted by Gasteiger charge is -2.12. The van der Waals surface area contributed by atoms with E-state index in [0.29, 0.717) is 12.0 Å². The van der Waals surface area contributed by atoms with Crippen LogP contribution in [-0.2, 0) is 9.84 Å². The number of nitrogen functional groups attached to an aromatic ring is 1. The van der Waals surface area contributed by atoms with Gasteiger partial charge in [0.2, 0.25) is 0 Å². The van der Waals surface area contributed by atoms with Crippen LogP contribution in [0.3, 0.4) is 0 Å². The van der Waals surface area contributed by atoms with E-state index in [1.54, 1.807) is 18.2 Å². The van der Waals surface area contributed by atoms with E-state index in [1.807, 2.05) is 6.92 Å². The lowest BCUT2D eigenvalue weighted by atomic mass is 10.1. The minimum atomic E-state index is -2.98. The van der Waals surface area contributed by atoms with Crippen LogP contribution >= 0.6 is 0 Å². The van der Waals surface area contributed by atoms with Gasteiger partial charge in [-0.2, -0.15) is 0 Å². The molecule has 1 aliphatic heterocycles. The minimum Gasteiger partial charge on any atom is -0.348 e. The first-order valence-electron chi connectivity index (χ1n) is 6.00. The predicted octanol–water partition coefficient (Wildman–Crippen LogP) is 0.198. The molecular formula is C12H17N3O3S. The molecule has 1 heterocycles. The average Bonchev–Trinajstić information content (AvgIpc) is 2.68. The number of carbonyl (C=O) groups is 1. The van der Waals surface area contributed by atoms with Gasteiger partial charge in [-0.25, -0.2) is 8.42 Å². The number of sulfone groups is 1. The van der Waals surface area contributed by atoms with Gasteiger partial charge in [0.05, 0.1) is 17.2 Å². The zero-order chi connectivity index (χ0) is 14.0. The second kappa shape index (κ2) is 5.18. The SMILES string of the molecule is Cc1cc(C(=O)NC2CCS(=O)(=O)C2)ccc1NN. The van der Waals surface area contributed by atoms with Crippen molar-refractivity contribution in [2.45, 2.75) is 19.4 Å². The largest absolute Gasteiger partial charge is 0.348 e. The Morgan fingerprint density at radius 3 is 2.68 bits per heavy atom. The maximum atomic E-state index is 12.0. The van der Waals surface area contributed by atoms with Crippen molar-refractivity contribution in [1.29, 1.82) is 0 Å². The number of carbonyl (C=O) groups excluding carboxylic acids is 1. The van der Waals surface area contributed by atoms with Crippen LogP contribution in [0.1, 0.15) is 22.3 Å². The Hall–Kier alpha value is -1.60. The number of nitrogens with two attached hydrogens (primary N) is 1. The van der Waals surface area contributed by atoms with Crippen LogP contribution in [-0.4, -0.2) is 31.9 Å². The van der Waals surface area contributed by atoms with E-state index in [-0.39, 0.29) is 23.5 Å². The van der Waals surface area contributed by atoms with Crippen molar-refractivity contribution in [3.63, 3.8) is 0 Å². The highest BCUT2D eigenvalue weighted by atomic mass is 32.2. The molecule has 0 bridgehead atoms. The number of hydrogen-bond acceptors (Lipinski definition) is 5. The van der Waals surface area contributed by atoms with E-state index in [4.69, 9.17) is 5.84 Å². The van der Waals surface area contributed by atoms with Crippen LogP contribution in [0, 0.1) is 6.92 Å². The van der Waals surface area contributed by atoms with E-state index in [0.717, 1.165) is 11.3 Å². The number of amides is 1. The Balaban J connectivity index is 2.06. The number of anilines is 1. The molecule has 1 saturated heterocycles. The molecule has 19 heavy (non-hydrogen) atoms. The lowest BCUT2D eigenvalue weighted by Crippen LogP contribution is -2.35. The number of nitrogens with one attached hydrogen (secondary N) is 2. The molecule has 0 radical (unpaired) electrons. The van der Waals surface area contributed by atoms with Gasteiger partial charge in [0.25, 0.3) is 5.91 Å². The standard InChI is InChI=1S/C12H17N3O3S/c1-8-6-9(2-3-11(8)15-13)12(16)14-10-4-5-19(17,18)7-10/h2-3,6,10,15H,4-5,7,13H2,1H3,(H,14,16). The van der Waals surface area contributed by atoms with Crippen LogP contribution in [0.2, 0.25) is 0 Å². The molecule has 1 fully saturated rings. The molecule has 0 saturated carbocycles. The van der Waals surface area contributed by atoms with E-state index in [2.05, 4.69) is 10.7 Å². The molecule has 1 aromatic rings. The Morgan fingerprint density at radius 2 is 2.16 bits per heavy atom. The van der Waals surface area contributed by atoms with Crippen molar-refractivity contribution in [1.82, 2.24) is 5.32 Å². The van der Waals surface area contributed by atoms with E-state index in [1.165, 1.54) is 0 Å². The Morgan fingerprint density at radius 1 is 1.42 bits per heavy atom. The maximum Gasteiger partial charge on any atom is 0.251 e. The molecule has 1 unspecified atom stereocenters. The van der Waals surface area contributed by atoms with Gasteiger partial charge in [0.1, 0.15) is 0 Å². The molecule has 1 aromatic carbocycles. The van der Waals surface area contributed by atoms with E-state index < -0.39 is 9.84 Å². The van der Waals surface area contributed by atoms with Crippen molar-refractivity contribution < 1.29 is 13.2 Å². The van der Waals surface area contributed by atoms with Crippen molar-refractivity contribution in [2.24, 2.45) is 5.84 Å². The van der Waals surface area contributed by atoms with Gasteiger partial charge < -0.3 is 10.7 Å². The molecule has 0 aromatic heterocycles. The van der Waals surface area contributed by atoms with Crippen molar-refractivity contribution in [2.75, 3.05) is 16.9 Å². The van der Waals surface area contributed by atoms with Crippen molar-refractivity contribution in [3.05, 3.63) is 29.3 Å². The molecule has 0 spiro atoms. The molecule has 104 valence electrons. The quantitative estimate of drug-likeness (QED) is 0.543. The van der Waals surface area contributed by atoms with Gasteiger partial charge in [0.15, 0.2) is 9.84 Å². The summed E-state index contributed by atoms with van der Waals surface area (Å²) in [6.45, 7) is 1.84. The van der Waals surface area contributed by atoms with Crippen LogP contribution in [0.5, 0.6) is 0 Å². The molecule has 0 aliphatic carbocycles. The summed E-state index contributed by atoms with van der Waals surface area (Å²) in [4.78, 5) is 12.0. The summed E-state index contributed by atoms with van der Waals surface area (Å²) >= 11 is 0. The predicted molar refractivity (Wildman–Crippen MR) is 73.5 cm³/mol. The highest BCUT2D eigenvalue weighted by Gasteiger charge is 2.29. The normalized spacial score (nSPS) is 21.1. The minimum absolute atomic E-state index is 0.0279. The zero-order valence-corrected chi connectivity index (χ0v) is 11.5. The van der Waals surface area contributed by atoms with Gasteiger partial charge in [0, 0.05) is 11.6 Å². The number of hydrogen-bond donors (Lipinski definition) is 3. The second-order valence-corrected chi connectivity index (χ2v) is 6.98. The van der Waals surface area contributed by atoms with Crippen LogP contribution < -0.4 is 16.6 Å². The monoisotopic (exact) mass is 283 g/mol. The molecule has 2 rings (SSSR count). The van der Waals surface area contributed by atoms with Gasteiger partial charge in [-0.15, -0.1) is 0 Å². The van der Waals surface area contributed by atoms with Gasteiger partial charge in [-0.3, -0.25) is 10.6 Å². The third-order valence-corrected chi connectivity index (χ3v) is 4.98. The first-order valence-corrected chi connectivity index (χ1v) is 7.82. The number of rotatable bonds is 3. The number of benzene rings is 1. The summed E-state index contributed by atoms with van der Waals surface area (Å²) in [6.07, 6.45) is 0.482. The third kappa shape index (κ3) is 3.24. The molecule has 1 aliphatic rings. The molecule has 6 nitrogen and oxygen atoms in total. The smallest absolute Gasteiger partial charge is 0.251 e. The fourth-order valence-electron chi connectivity index (χ4n) is 2.14. The van der Waals surface area contributed by atoms with Crippen LogP contribution in [0.4, 0.5) is 5.69 Å². The van der Waals surface area contributed by atoms with Crippen molar-refractivity contribution in [3.8, 4) is 0 Å². The van der Waals surface area contributed by atoms with Gasteiger partial charge >= 0.3 is 0 Å². The van der Waals surface area contributed by atoms with E-state index in [9.17, 15) is 13.2 Å². The summed E-state index contributed by atoms with van der Waals surface area (Å²) in [5.41, 5.74) is 4.64. The molecule has 7 heteroatoms. The summed E-state index contributed by atoms with van der Waals surface area (Å²) in [5.74, 6) is 5.24. The highest BCUT2D eigenvalue weighted by Crippen LogP contribution is 2.16. The summed E-state index contributed by atoms with van der Waals surface area (Å²) in [7, 11) is -2.98. The van der Waals surface area contributed by atoms with E-state index >= 15 is 0 Å². The average molecular weight is 283 g/mol. The molecule has 4 N–H and O–H groups in total. The Bertz CT molecular complexity index is 598. The topological polar surface area (TPSA) is 101 Å². The summed E-state index contributed by atoms with van der Waals surface area (Å²) in [5, 5.41) is 2.75. The van der Waals surface area contributed by atoms with Crippen LogP contribution in [0.15, 0.2) is 18.2 Å². The zero-order valence-electron chi connectivity index (χ0n) is 10.6. The van der Waals surface area contributed by atoms with Crippen LogP contribution in [0.25, 0.3) is 0 Å². The number of aryl methyl sites for hydroxylation is 1. The second-order valence-electron chi connectivity index (χ2n) is 4.75. The molecular weight excluding hydrogens is 266 g/mol.